The molecule has 136 valence electrons. The Hall–Kier alpha value is -3.19. The largest absolute Gasteiger partial charge is 0.392 e. The molecule has 1 aromatic carbocycles. The minimum Gasteiger partial charge on any atom is -0.392 e. The Kier molecular flexibility index (Phi) is 3.51. The number of fused-ring (bicyclic) bond motifs is 2. The van der Waals surface area contributed by atoms with Gasteiger partial charge in [0.15, 0.2) is 5.82 Å². The van der Waals surface area contributed by atoms with Gasteiger partial charge in [-0.2, -0.15) is 0 Å². The molecular weight excluding hydrogens is 344 g/mol. The van der Waals surface area contributed by atoms with Crippen molar-refractivity contribution in [1.29, 1.82) is 0 Å². The number of rotatable bonds is 4. The van der Waals surface area contributed by atoms with Gasteiger partial charge in [0.1, 0.15) is 5.65 Å². The molecule has 0 saturated heterocycles. The van der Waals surface area contributed by atoms with Crippen molar-refractivity contribution >= 4 is 29.0 Å². The number of nitrogens with zero attached hydrogens (tertiary/aromatic N) is 2. The Labute approximate surface area is 155 Å². The smallest absolute Gasteiger partial charge is 0.228 e. The summed E-state index contributed by atoms with van der Waals surface area (Å²) < 4.78 is 1.85. The number of aromatic nitrogens is 2. The van der Waals surface area contributed by atoms with Crippen LogP contribution in [0.1, 0.15) is 24.0 Å². The molecule has 0 radical (unpaired) electrons. The van der Waals surface area contributed by atoms with E-state index in [-0.39, 0.29) is 24.3 Å². The number of aliphatic hydroxyl groups excluding tert-OH is 1. The lowest BCUT2D eigenvalue weighted by Crippen LogP contribution is -2.13. The summed E-state index contributed by atoms with van der Waals surface area (Å²) in [4.78, 5) is 28.2. The van der Waals surface area contributed by atoms with Crippen molar-refractivity contribution in [2.45, 2.75) is 25.9 Å². The fraction of sp³-hybridized carbons (Fsp3) is 0.250. The SMILES string of the molecule is O=C1Cc2c(ccc(CO)c2-c2ccc3nc(NC(=O)C4CC4)cn3c2)N1. The molecule has 5 rings (SSSR count). The third-order valence-corrected chi connectivity index (χ3v) is 5.12. The van der Waals surface area contributed by atoms with Crippen LogP contribution in [0.15, 0.2) is 36.7 Å². The van der Waals surface area contributed by atoms with E-state index in [4.69, 9.17) is 0 Å². The van der Waals surface area contributed by atoms with Crippen molar-refractivity contribution in [2.75, 3.05) is 10.6 Å². The summed E-state index contributed by atoms with van der Waals surface area (Å²) in [5, 5.41) is 15.5. The van der Waals surface area contributed by atoms with Gasteiger partial charge in [-0.15, -0.1) is 0 Å². The monoisotopic (exact) mass is 362 g/mol. The number of hydrogen-bond donors (Lipinski definition) is 3. The summed E-state index contributed by atoms with van der Waals surface area (Å²) in [5.41, 5.74) is 4.93. The number of aliphatic hydroxyl groups is 1. The quantitative estimate of drug-likeness (QED) is 0.664. The molecule has 27 heavy (non-hydrogen) atoms. The van der Waals surface area contributed by atoms with Gasteiger partial charge in [0.05, 0.1) is 19.2 Å². The third-order valence-electron chi connectivity index (χ3n) is 5.12. The molecule has 2 aliphatic rings. The molecule has 3 aromatic rings. The topological polar surface area (TPSA) is 95.7 Å². The summed E-state index contributed by atoms with van der Waals surface area (Å²) >= 11 is 0. The Morgan fingerprint density at radius 1 is 1.26 bits per heavy atom. The maximum atomic E-state index is 12.0. The van der Waals surface area contributed by atoms with Crippen molar-refractivity contribution in [1.82, 2.24) is 9.38 Å². The Morgan fingerprint density at radius 3 is 2.89 bits per heavy atom. The van der Waals surface area contributed by atoms with Crippen molar-refractivity contribution in [3.63, 3.8) is 0 Å². The molecule has 0 atom stereocenters. The second kappa shape index (κ2) is 5.92. The van der Waals surface area contributed by atoms with E-state index in [2.05, 4.69) is 15.6 Å². The average Bonchev–Trinajstić information content (AvgIpc) is 3.33. The van der Waals surface area contributed by atoms with Crippen molar-refractivity contribution in [3.05, 3.63) is 47.8 Å². The van der Waals surface area contributed by atoms with E-state index < -0.39 is 0 Å². The van der Waals surface area contributed by atoms with E-state index >= 15 is 0 Å². The van der Waals surface area contributed by atoms with E-state index in [1.54, 1.807) is 6.20 Å². The van der Waals surface area contributed by atoms with Gasteiger partial charge in [-0.3, -0.25) is 9.59 Å². The Morgan fingerprint density at radius 2 is 2.11 bits per heavy atom. The highest BCUT2D eigenvalue weighted by Gasteiger charge is 2.30. The van der Waals surface area contributed by atoms with Crippen molar-refractivity contribution in [3.8, 4) is 11.1 Å². The fourth-order valence-corrected chi connectivity index (χ4v) is 3.62. The molecule has 0 bridgehead atoms. The predicted molar refractivity (Wildman–Crippen MR) is 100 cm³/mol. The van der Waals surface area contributed by atoms with Crippen LogP contribution in [0.2, 0.25) is 0 Å². The minimum absolute atomic E-state index is 0.0201. The molecule has 7 nitrogen and oxygen atoms in total. The van der Waals surface area contributed by atoms with Gasteiger partial charge in [-0.25, -0.2) is 4.98 Å². The summed E-state index contributed by atoms with van der Waals surface area (Å²) in [6.07, 6.45) is 5.87. The summed E-state index contributed by atoms with van der Waals surface area (Å²) in [6, 6.07) is 7.45. The van der Waals surface area contributed by atoms with Crippen molar-refractivity contribution < 1.29 is 14.7 Å². The second-order valence-corrected chi connectivity index (χ2v) is 7.08. The third kappa shape index (κ3) is 2.76. The maximum Gasteiger partial charge on any atom is 0.228 e. The van der Waals surface area contributed by atoms with Gasteiger partial charge in [-0.05, 0) is 53.3 Å². The number of carbonyl (C=O) groups excluding carboxylic acids is 2. The molecule has 1 aliphatic heterocycles. The van der Waals surface area contributed by atoms with E-state index in [1.165, 1.54) is 0 Å². The number of imidazole rings is 1. The lowest BCUT2D eigenvalue weighted by atomic mass is 9.94. The minimum atomic E-state index is -0.110. The zero-order chi connectivity index (χ0) is 18.5. The van der Waals surface area contributed by atoms with Crippen LogP contribution in [-0.4, -0.2) is 26.3 Å². The van der Waals surface area contributed by atoms with Gasteiger partial charge in [0, 0.05) is 17.8 Å². The number of benzene rings is 1. The highest BCUT2D eigenvalue weighted by Crippen LogP contribution is 2.36. The van der Waals surface area contributed by atoms with Gasteiger partial charge in [-0.1, -0.05) is 6.07 Å². The van der Waals surface area contributed by atoms with Crippen LogP contribution in [0, 0.1) is 5.92 Å². The highest BCUT2D eigenvalue weighted by atomic mass is 16.3. The summed E-state index contributed by atoms with van der Waals surface area (Å²) in [6.45, 7) is -0.110. The first-order chi connectivity index (χ1) is 13.1. The normalized spacial score (nSPS) is 15.7. The second-order valence-electron chi connectivity index (χ2n) is 7.08. The number of anilines is 2. The Bertz CT molecular complexity index is 1100. The first kappa shape index (κ1) is 16.0. The zero-order valence-corrected chi connectivity index (χ0v) is 14.5. The summed E-state index contributed by atoms with van der Waals surface area (Å²) in [5.74, 6) is 0.623. The molecule has 2 aromatic heterocycles. The van der Waals surface area contributed by atoms with E-state index in [0.717, 1.165) is 46.4 Å². The molecule has 7 heteroatoms. The first-order valence-corrected chi connectivity index (χ1v) is 8.98. The number of hydrogen-bond acceptors (Lipinski definition) is 4. The molecule has 1 saturated carbocycles. The molecule has 0 spiro atoms. The molecule has 2 amide bonds. The molecule has 3 N–H and O–H groups in total. The lowest BCUT2D eigenvalue weighted by Gasteiger charge is -2.13. The zero-order valence-electron chi connectivity index (χ0n) is 14.5. The number of amides is 2. The fourth-order valence-electron chi connectivity index (χ4n) is 3.62. The van der Waals surface area contributed by atoms with E-state index in [9.17, 15) is 14.7 Å². The first-order valence-electron chi connectivity index (χ1n) is 8.98. The molecule has 0 unspecified atom stereocenters. The number of carbonyl (C=O) groups is 2. The van der Waals surface area contributed by atoms with Crippen LogP contribution in [0.25, 0.3) is 16.8 Å². The van der Waals surface area contributed by atoms with E-state index in [1.807, 2.05) is 34.9 Å². The standard InChI is InChI=1S/C20H18N4O3/c25-10-13-3-5-15-14(7-18(26)21-15)19(13)12-4-6-17-22-16(9-24(17)8-12)23-20(27)11-1-2-11/h3-6,8-9,11,25H,1-2,7,10H2,(H,21,26)(H,23,27). The van der Waals surface area contributed by atoms with Gasteiger partial charge in [0.25, 0.3) is 0 Å². The van der Waals surface area contributed by atoms with Crippen LogP contribution in [0.5, 0.6) is 0 Å². The predicted octanol–water partition coefficient (Wildman–Crippen LogP) is 2.34. The van der Waals surface area contributed by atoms with Gasteiger partial charge >= 0.3 is 0 Å². The average molecular weight is 362 g/mol. The number of pyridine rings is 1. The van der Waals surface area contributed by atoms with Crippen LogP contribution < -0.4 is 10.6 Å². The number of nitrogens with one attached hydrogen (secondary N) is 2. The van der Waals surface area contributed by atoms with E-state index in [0.29, 0.717) is 12.2 Å². The lowest BCUT2D eigenvalue weighted by molar-refractivity contribution is -0.117. The van der Waals surface area contributed by atoms with Crippen LogP contribution in [0.3, 0.4) is 0 Å². The summed E-state index contributed by atoms with van der Waals surface area (Å²) in [7, 11) is 0. The maximum absolute atomic E-state index is 12.0. The van der Waals surface area contributed by atoms with Gasteiger partial charge < -0.3 is 20.1 Å². The molecule has 1 aliphatic carbocycles. The van der Waals surface area contributed by atoms with Crippen molar-refractivity contribution in [2.24, 2.45) is 5.92 Å². The van der Waals surface area contributed by atoms with Gasteiger partial charge in [0.2, 0.25) is 11.8 Å². The molecular formula is C20H18N4O3. The Balaban J connectivity index is 1.57. The molecule has 3 heterocycles. The molecule has 1 fully saturated rings. The van der Waals surface area contributed by atoms with Crippen LogP contribution in [0.4, 0.5) is 11.5 Å². The highest BCUT2D eigenvalue weighted by molar-refractivity contribution is 6.02. The van der Waals surface area contributed by atoms with Crippen LogP contribution in [-0.2, 0) is 22.6 Å². The van der Waals surface area contributed by atoms with Crippen LogP contribution >= 0.6 is 0 Å².